The molecule has 0 bridgehead atoms. The van der Waals surface area contributed by atoms with Crippen LogP contribution >= 0.6 is 0 Å². The van der Waals surface area contributed by atoms with E-state index in [1.165, 1.54) is 20.2 Å². The third-order valence-corrected chi connectivity index (χ3v) is 3.68. The number of urea groups is 1. The van der Waals surface area contributed by atoms with Crippen molar-refractivity contribution in [3.05, 3.63) is 29.3 Å². The van der Waals surface area contributed by atoms with Gasteiger partial charge >= 0.3 is 6.03 Å². The summed E-state index contributed by atoms with van der Waals surface area (Å²) >= 11 is 0. The molecular formula is C18H22N2O5. The summed E-state index contributed by atoms with van der Waals surface area (Å²) in [5.41, 5.74) is 0.537. The highest BCUT2D eigenvalue weighted by molar-refractivity contribution is 6.30. The summed E-state index contributed by atoms with van der Waals surface area (Å²) in [5.74, 6) is -0.106. The lowest BCUT2D eigenvalue weighted by molar-refractivity contribution is -0.134. The summed E-state index contributed by atoms with van der Waals surface area (Å²) in [5, 5.41) is 0. The SMILES string of the molecule is CCCOc1ccc(C=C2C(=O)N(C)C(=O)N(C)C2=O)cc1OCC. The zero-order valence-electron chi connectivity index (χ0n) is 14.9. The minimum absolute atomic E-state index is 0.0747. The fourth-order valence-electron chi connectivity index (χ4n) is 2.36. The number of nitrogens with zero attached hydrogens (tertiary/aromatic N) is 2. The molecule has 1 aromatic rings. The summed E-state index contributed by atoms with van der Waals surface area (Å²) < 4.78 is 11.2. The smallest absolute Gasteiger partial charge is 0.333 e. The van der Waals surface area contributed by atoms with Crippen LogP contribution in [0.1, 0.15) is 25.8 Å². The van der Waals surface area contributed by atoms with Gasteiger partial charge in [0.05, 0.1) is 13.2 Å². The van der Waals surface area contributed by atoms with Gasteiger partial charge < -0.3 is 9.47 Å². The zero-order valence-corrected chi connectivity index (χ0v) is 14.9. The van der Waals surface area contributed by atoms with Gasteiger partial charge in [0.2, 0.25) is 0 Å². The highest BCUT2D eigenvalue weighted by Crippen LogP contribution is 2.30. The average Bonchev–Trinajstić information content (AvgIpc) is 2.61. The van der Waals surface area contributed by atoms with Gasteiger partial charge in [-0.3, -0.25) is 19.4 Å². The summed E-state index contributed by atoms with van der Waals surface area (Å²) in [6.45, 7) is 4.89. The Morgan fingerprint density at radius 2 is 1.60 bits per heavy atom. The van der Waals surface area contributed by atoms with Gasteiger partial charge in [-0.2, -0.15) is 0 Å². The van der Waals surface area contributed by atoms with E-state index in [4.69, 9.17) is 9.47 Å². The van der Waals surface area contributed by atoms with Crippen molar-refractivity contribution in [1.82, 2.24) is 9.80 Å². The second-order valence-corrected chi connectivity index (χ2v) is 5.56. The third kappa shape index (κ3) is 3.81. The van der Waals surface area contributed by atoms with Gasteiger partial charge in [0.1, 0.15) is 5.57 Å². The predicted octanol–water partition coefficient (Wildman–Crippen LogP) is 2.31. The van der Waals surface area contributed by atoms with E-state index >= 15 is 0 Å². The van der Waals surface area contributed by atoms with E-state index in [2.05, 4.69) is 0 Å². The fraction of sp³-hybridized carbons (Fsp3) is 0.389. The van der Waals surface area contributed by atoms with Gasteiger partial charge in [-0.05, 0) is 37.1 Å². The molecule has 1 aliphatic rings. The Bertz CT molecular complexity index is 700. The highest BCUT2D eigenvalue weighted by atomic mass is 16.5. The number of carbonyl (C=O) groups excluding carboxylic acids is 3. The molecule has 7 nitrogen and oxygen atoms in total. The van der Waals surface area contributed by atoms with Crippen LogP contribution in [0.4, 0.5) is 4.79 Å². The maximum Gasteiger partial charge on any atom is 0.333 e. The standard InChI is InChI=1S/C18H22N2O5/c1-5-9-25-14-8-7-12(11-15(14)24-6-2)10-13-16(21)19(3)18(23)20(4)17(13)22/h7-8,10-11H,5-6,9H2,1-4H3. The molecule has 2 rings (SSSR count). The first kappa shape index (κ1) is 18.5. The molecule has 0 aromatic heterocycles. The Kier molecular flexibility index (Phi) is 5.80. The Morgan fingerprint density at radius 1 is 0.960 bits per heavy atom. The number of barbiturate groups is 1. The molecule has 0 N–H and O–H groups in total. The van der Waals surface area contributed by atoms with E-state index in [1.54, 1.807) is 18.2 Å². The maximum atomic E-state index is 12.2. The molecule has 4 amide bonds. The summed E-state index contributed by atoms with van der Waals surface area (Å²) in [4.78, 5) is 38.1. The van der Waals surface area contributed by atoms with Gasteiger partial charge in [0.15, 0.2) is 11.5 Å². The Hall–Kier alpha value is -2.83. The van der Waals surface area contributed by atoms with Crippen LogP contribution in [0, 0.1) is 0 Å². The van der Waals surface area contributed by atoms with Crippen LogP contribution in [0.2, 0.25) is 0 Å². The van der Waals surface area contributed by atoms with Crippen LogP contribution in [-0.2, 0) is 9.59 Å². The van der Waals surface area contributed by atoms with Gasteiger partial charge in [0, 0.05) is 14.1 Å². The van der Waals surface area contributed by atoms with Gasteiger partial charge in [-0.25, -0.2) is 4.79 Å². The molecule has 1 fully saturated rings. The Labute approximate surface area is 146 Å². The molecule has 7 heteroatoms. The normalized spacial score (nSPS) is 14.9. The monoisotopic (exact) mass is 346 g/mol. The molecule has 0 unspecified atom stereocenters. The molecular weight excluding hydrogens is 324 g/mol. The van der Waals surface area contributed by atoms with Crippen LogP contribution in [0.15, 0.2) is 23.8 Å². The Balaban J connectivity index is 2.38. The third-order valence-electron chi connectivity index (χ3n) is 3.68. The molecule has 134 valence electrons. The topological polar surface area (TPSA) is 76.2 Å². The predicted molar refractivity (Wildman–Crippen MR) is 92.3 cm³/mol. The van der Waals surface area contributed by atoms with Crippen LogP contribution in [0.25, 0.3) is 6.08 Å². The first-order chi connectivity index (χ1) is 11.9. The number of likely N-dealkylation sites (N-methyl/N-ethyl adjacent to an activating group) is 2. The van der Waals surface area contributed by atoms with Crippen LogP contribution in [0.5, 0.6) is 11.5 Å². The number of ether oxygens (including phenoxy) is 2. The van der Waals surface area contributed by atoms with Crippen molar-refractivity contribution >= 4 is 23.9 Å². The number of benzene rings is 1. The minimum atomic E-state index is -0.648. The molecule has 0 radical (unpaired) electrons. The average molecular weight is 346 g/mol. The number of hydrogen-bond acceptors (Lipinski definition) is 5. The van der Waals surface area contributed by atoms with E-state index in [1.807, 2.05) is 13.8 Å². The van der Waals surface area contributed by atoms with E-state index in [0.717, 1.165) is 16.2 Å². The van der Waals surface area contributed by atoms with Crippen molar-refractivity contribution in [2.75, 3.05) is 27.3 Å². The van der Waals surface area contributed by atoms with Crippen LogP contribution in [-0.4, -0.2) is 55.0 Å². The lowest BCUT2D eigenvalue weighted by Gasteiger charge is -2.28. The number of carbonyl (C=O) groups is 3. The summed E-state index contributed by atoms with van der Waals surface area (Å²) in [6.07, 6.45) is 2.32. The quantitative estimate of drug-likeness (QED) is 0.583. The molecule has 1 aliphatic heterocycles. The number of rotatable bonds is 6. The fourth-order valence-corrected chi connectivity index (χ4v) is 2.36. The van der Waals surface area contributed by atoms with Crippen molar-refractivity contribution in [1.29, 1.82) is 0 Å². The molecule has 0 spiro atoms. The lowest BCUT2D eigenvalue weighted by atomic mass is 10.1. The minimum Gasteiger partial charge on any atom is -0.490 e. The second kappa shape index (κ2) is 7.83. The van der Waals surface area contributed by atoms with Crippen molar-refractivity contribution in [2.24, 2.45) is 0 Å². The summed E-state index contributed by atoms with van der Waals surface area (Å²) in [7, 11) is 2.68. The van der Waals surface area contributed by atoms with Crippen molar-refractivity contribution in [2.45, 2.75) is 20.3 Å². The summed E-state index contributed by atoms with van der Waals surface area (Å²) in [6, 6.07) is 4.53. The van der Waals surface area contributed by atoms with Gasteiger partial charge in [0.25, 0.3) is 11.8 Å². The van der Waals surface area contributed by atoms with E-state index in [-0.39, 0.29) is 5.57 Å². The number of hydrogen-bond donors (Lipinski definition) is 0. The Morgan fingerprint density at radius 3 is 2.16 bits per heavy atom. The molecule has 0 aliphatic carbocycles. The lowest BCUT2D eigenvalue weighted by Crippen LogP contribution is -2.52. The van der Waals surface area contributed by atoms with Crippen molar-refractivity contribution in [3.63, 3.8) is 0 Å². The molecule has 0 atom stereocenters. The zero-order chi connectivity index (χ0) is 18.6. The van der Waals surface area contributed by atoms with Crippen LogP contribution < -0.4 is 9.47 Å². The highest BCUT2D eigenvalue weighted by Gasteiger charge is 2.37. The van der Waals surface area contributed by atoms with E-state index < -0.39 is 17.8 Å². The maximum absolute atomic E-state index is 12.2. The molecule has 1 aromatic carbocycles. The molecule has 1 heterocycles. The van der Waals surface area contributed by atoms with Gasteiger partial charge in [-0.15, -0.1) is 0 Å². The van der Waals surface area contributed by atoms with Gasteiger partial charge in [-0.1, -0.05) is 13.0 Å². The van der Waals surface area contributed by atoms with E-state index in [0.29, 0.717) is 30.3 Å². The molecule has 0 saturated carbocycles. The van der Waals surface area contributed by atoms with Crippen molar-refractivity contribution < 1.29 is 23.9 Å². The van der Waals surface area contributed by atoms with E-state index in [9.17, 15) is 14.4 Å². The second-order valence-electron chi connectivity index (χ2n) is 5.56. The first-order valence-corrected chi connectivity index (χ1v) is 8.12. The number of imide groups is 2. The molecule has 1 saturated heterocycles. The first-order valence-electron chi connectivity index (χ1n) is 8.12. The van der Waals surface area contributed by atoms with Crippen molar-refractivity contribution in [3.8, 4) is 11.5 Å². The van der Waals surface area contributed by atoms with Crippen LogP contribution in [0.3, 0.4) is 0 Å². The molecule has 25 heavy (non-hydrogen) atoms. The number of amides is 4. The largest absolute Gasteiger partial charge is 0.490 e.